The maximum absolute atomic E-state index is 12.9. The SMILES string of the molecule is Cc1cc(NC(=O)c2cnc(N3CCN(c4ccccn4)CC3)c3ccccc23)no1. The number of piperazine rings is 1. The van der Waals surface area contributed by atoms with Crippen molar-refractivity contribution in [2.24, 2.45) is 0 Å². The standard InChI is InChI=1S/C23H22N6O2/c1-16-14-20(27-31-16)26-23(30)19-15-25-22(18-7-3-2-6-17(18)19)29-12-10-28(11-13-29)21-8-4-5-9-24-21/h2-9,14-15H,10-13H2,1H3,(H,26,27,30). The van der Waals surface area contributed by atoms with Crippen molar-refractivity contribution in [2.45, 2.75) is 6.92 Å². The number of carbonyl (C=O) groups is 1. The highest BCUT2D eigenvalue weighted by atomic mass is 16.5. The summed E-state index contributed by atoms with van der Waals surface area (Å²) in [5.74, 6) is 2.66. The average molecular weight is 414 g/mol. The zero-order valence-electron chi connectivity index (χ0n) is 17.2. The molecular formula is C23H22N6O2. The van der Waals surface area contributed by atoms with Crippen molar-refractivity contribution in [2.75, 3.05) is 41.3 Å². The van der Waals surface area contributed by atoms with Crippen LogP contribution >= 0.6 is 0 Å². The van der Waals surface area contributed by atoms with Gasteiger partial charge in [0, 0.05) is 50.0 Å². The Bertz CT molecular complexity index is 1220. The molecule has 1 N–H and O–H groups in total. The monoisotopic (exact) mass is 414 g/mol. The highest BCUT2D eigenvalue weighted by Crippen LogP contribution is 2.29. The third-order valence-electron chi connectivity index (χ3n) is 5.44. The zero-order chi connectivity index (χ0) is 21.2. The van der Waals surface area contributed by atoms with E-state index in [1.54, 1.807) is 19.2 Å². The van der Waals surface area contributed by atoms with Crippen LogP contribution in [0, 0.1) is 6.92 Å². The molecule has 5 rings (SSSR count). The minimum absolute atomic E-state index is 0.261. The summed E-state index contributed by atoms with van der Waals surface area (Å²) in [5.41, 5.74) is 0.507. The fourth-order valence-electron chi connectivity index (χ4n) is 3.91. The fraction of sp³-hybridized carbons (Fsp3) is 0.217. The number of aromatic nitrogens is 3. The van der Waals surface area contributed by atoms with E-state index in [0.29, 0.717) is 17.1 Å². The summed E-state index contributed by atoms with van der Waals surface area (Å²) in [5, 5.41) is 8.44. The minimum atomic E-state index is -0.261. The predicted octanol–water partition coefficient (Wildman–Crippen LogP) is 3.51. The summed E-state index contributed by atoms with van der Waals surface area (Å²) in [4.78, 5) is 26.5. The number of nitrogens with one attached hydrogen (secondary N) is 1. The van der Waals surface area contributed by atoms with Crippen LogP contribution in [0.2, 0.25) is 0 Å². The van der Waals surface area contributed by atoms with Crippen molar-refractivity contribution in [3.05, 3.63) is 72.2 Å². The molecule has 1 aliphatic rings. The first-order valence-corrected chi connectivity index (χ1v) is 10.2. The summed E-state index contributed by atoms with van der Waals surface area (Å²) in [6.07, 6.45) is 3.46. The zero-order valence-corrected chi connectivity index (χ0v) is 17.2. The van der Waals surface area contributed by atoms with Gasteiger partial charge in [-0.05, 0) is 24.4 Å². The van der Waals surface area contributed by atoms with Gasteiger partial charge in [0.05, 0.1) is 5.56 Å². The van der Waals surface area contributed by atoms with Gasteiger partial charge < -0.3 is 19.6 Å². The Morgan fingerprint density at radius 3 is 2.42 bits per heavy atom. The molecule has 1 saturated heterocycles. The van der Waals surface area contributed by atoms with Crippen LogP contribution in [-0.2, 0) is 0 Å². The van der Waals surface area contributed by atoms with E-state index in [-0.39, 0.29) is 5.91 Å². The van der Waals surface area contributed by atoms with E-state index in [9.17, 15) is 4.79 Å². The van der Waals surface area contributed by atoms with E-state index in [0.717, 1.165) is 48.6 Å². The van der Waals surface area contributed by atoms with Gasteiger partial charge in [-0.25, -0.2) is 9.97 Å². The molecule has 0 aliphatic carbocycles. The molecule has 1 fully saturated rings. The van der Waals surface area contributed by atoms with Crippen molar-refractivity contribution in [3.8, 4) is 0 Å². The van der Waals surface area contributed by atoms with Gasteiger partial charge in [0.1, 0.15) is 17.4 Å². The minimum Gasteiger partial charge on any atom is -0.360 e. The normalized spacial score (nSPS) is 14.1. The number of benzene rings is 1. The van der Waals surface area contributed by atoms with Gasteiger partial charge in [-0.3, -0.25) is 4.79 Å². The number of pyridine rings is 2. The van der Waals surface area contributed by atoms with Gasteiger partial charge in [0.25, 0.3) is 5.91 Å². The van der Waals surface area contributed by atoms with E-state index in [2.05, 4.69) is 30.2 Å². The van der Waals surface area contributed by atoms with Crippen LogP contribution in [0.5, 0.6) is 0 Å². The largest absolute Gasteiger partial charge is 0.360 e. The number of rotatable bonds is 4. The first-order valence-electron chi connectivity index (χ1n) is 10.2. The van der Waals surface area contributed by atoms with E-state index in [1.807, 2.05) is 48.7 Å². The molecule has 0 unspecified atom stereocenters. The molecule has 4 heterocycles. The Morgan fingerprint density at radius 1 is 0.968 bits per heavy atom. The maximum atomic E-state index is 12.9. The lowest BCUT2D eigenvalue weighted by atomic mass is 10.1. The van der Waals surface area contributed by atoms with Crippen molar-refractivity contribution in [1.82, 2.24) is 15.1 Å². The Morgan fingerprint density at radius 2 is 1.71 bits per heavy atom. The van der Waals surface area contributed by atoms with Gasteiger partial charge in [-0.2, -0.15) is 0 Å². The van der Waals surface area contributed by atoms with Crippen LogP contribution in [0.15, 0.2) is 65.4 Å². The molecule has 3 aromatic heterocycles. The lowest BCUT2D eigenvalue weighted by Crippen LogP contribution is -2.47. The highest BCUT2D eigenvalue weighted by molar-refractivity contribution is 6.14. The summed E-state index contributed by atoms with van der Waals surface area (Å²) < 4.78 is 5.03. The second-order valence-electron chi connectivity index (χ2n) is 7.48. The number of hydrogen-bond donors (Lipinski definition) is 1. The van der Waals surface area contributed by atoms with Crippen LogP contribution < -0.4 is 15.1 Å². The van der Waals surface area contributed by atoms with Crippen LogP contribution in [-0.4, -0.2) is 47.2 Å². The molecule has 1 aliphatic heterocycles. The fourth-order valence-corrected chi connectivity index (χ4v) is 3.91. The third kappa shape index (κ3) is 3.79. The number of aryl methyl sites for hydroxylation is 1. The molecule has 8 heteroatoms. The first-order chi connectivity index (χ1) is 15.2. The van der Waals surface area contributed by atoms with Gasteiger partial charge in [-0.15, -0.1) is 0 Å². The number of hydrogen-bond acceptors (Lipinski definition) is 7. The lowest BCUT2D eigenvalue weighted by molar-refractivity contribution is 0.102. The molecule has 156 valence electrons. The molecule has 0 atom stereocenters. The molecule has 1 amide bonds. The quantitative estimate of drug-likeness (QED) is 0.547. The smallest absolute Gasteiger partial charge is 0.259 e. The Balaban J connectivity index is 1.39. The molecule has 0 spiro atoms. The second-order valence-corrected chi connectivity index (χ2v) is 7.48. The van der Waals surface area contributed by atoms with E-state index < -0.39 is 0 Å². The Kier molecular flexibility index (Phi) is 4.95. The first kappa shape index (κ1) is 19.0. The highest BCUT2D eigenvalue weighted by Gasteiger charge is 2.22. The number of fused-ring (bicyclic) bond motifs is 1. The van der Waals surface area contributed by atoms with Crippen molar-refractivity contribution >= 4 is 34.1 Å². The molecule has 1 aromatic carbocycles. The van der Waals surface area contributed by atoms with Crippen molar-refractivity contribution < 1.29 is 9.32 Å². The molecular weight excluding hydrogens is 392 g/mol. The van der Waals surface area contributed by atoms with Crippen LogP contribution in [0.4, 0.5) is 17.5 Å². The van der Waals surface area contributed by atoms with E-state index in [1.165, 1.54) is 0 Å². The van der Waals surface area contributed by atoms with Gasteiger partial charge in [0.2, 0.25) is 0 Å². The number of carbonyl (C=O) groups excluding carboxylic acids is 1. The summed E-state index contributed by atoms with van der Waals surface area (Å²) in [6, 6.07) is 15.5. The van der Waals surface area contributed by atoms with Gasteiger partial charge in [0.15, 0.2) is 5.82 Å². The Labute approximate surface area is 179 Å². The van der Waals surface area contributed by atoms with Crippen LogP contribution in [0.25, 0.3) is 10.8 Å². The predicted molar refractivity (Wildman–Crippen MR) is 120 cm³/mol. The second kappa shape index (κ2) is 8.06. The van der Waals surface area contributed by atoms with E-state index in [4.69, 9.17) is 4.52 Å². The van der Waals surface area contributed by atoms with Gasteiger partial charge >= 0.3 is 0 Å². The summed E-state index contributed by atoms with van der Waals surface area (Å²) >= 11 is 0. The molecule has 0 saturated carbocycles. The number of anilines is 3. The molecule has 0 bridgehead atoms. The number of nitrogens with zero attached hydrogens (tertiary/aromatic N) is 5. The average Bonchev–Trinajstić information content (AvgIpc) is 3.23. The molecule has 31 heavy (non-hydrogen) atoms. The Hall–Kier alpha value is -3.94. The van der Waals surface area contributed by atoms with Crippen LogP contribution in [0.3, 0.4) is 0 Å². The van der Waals surface area contributed by atoms with E-state index >= 15 is 0 Å². The third-order valence-corrected chi connectivity index (χ3v) is 5.44. The summed E-state index contributed by atoms with van der Waals surface area (Å²) in [7, 11) is 0. The maximum Gasteiger partial charge on any atom is 0.259 e. The van der Waals surface area contributed by atoms with Crippen molar-refractivity contribution in [1.29, 1.82) is 0 Å². The molecule has 8 nitrogen and oxygen atoms in total. The lowest BCUT2D eigenvalue weighted by Gasteiger charge is -2.36. The summed E-state index contributed by atoms with van der Waals surface area (Å²) in [6.45, 7) is 5.16. The molecule has 4 aromatic rings. The topological polar surface area (TPSA) is 87.4 Å². The van der Waals surface area contributed by atoms with Crippen molar-refractivity contribution in [3.63, 3.8) is 0 Å². The van der Waals surface area contributed by atoms with Gasteiger partial charge in [-0.1, -0.05) is 35.5 Å². The number of amides is 1. The van der Waals surface area contributed by atoms with Crippen LogP contribution in [0.1, 0.15) is 16.1 Å². The molecule has 0 radical (unpaired) electrons.